The number of rotatable bonds is 4. The third-order valence-corrected chi connectivity index (χ3v) is 9.40. The van der Waals surface area contributed by atoms with Crippen LogP contribution in [0.5, 0.6) is 0 Å². The van der Waals surface area contributed by atoms with Crippen LogP contribution < -0.4 is 0 Å². The van der Waals surface area contributed by atoms with E-state index in [4.69, 9.17) is 0 Å². The number of amides is 1. The summed E-state index contributed by atoms with van der Waals surface area (Å²) in [6.07, 6.45) is 2.66. The number of nitrogens with zero attached hydrogens (tertiary/aromatic N) is 2. The summed E-state index contributed by atoms with van der Waals surface area (Å²) >= 11 is 1.19. The Hall–Kier alpha value is -1.45. The van der Waals surface area contributed by atoms with Gasteiger partial charge >= 0.3 is 5.97 Å². The molecule has 4 unspecified atom stereocenters. The highest BCUT2D eigenvalue weighted by Crippen LogP contribution is 2.53. The molecule has 9 heteroatoms. The molecule has 142 valence electrons. The molecule has 1 amide bonds. The third-order valence-electron chi connectivity index (χ3n) is 6.13. The molecule has 7 nitrogen and oxygen atoms in total. The molecule has 1 aromatic rings. The van der Waals surface area contributed by atoms with Gasteiger partial charge in [0.05, 0.1) is 11.8 Å². The van der Waals surface area contributed by atoms with Gasteiger partial charge in [0, 0.05) is 26.2 Å². The standard InChI is InChI=1S/C17H22N2O5S2/c20-16(14-11-3-4-12(10-11)15(14)17(21)22)18-5-7-19(8-6-18)26(23,24)13-2-1-9-25-13/h1-2,9,11-12,14-15H,3-8,10H2,(H,21,22). The van der Waals surface area contributed by atoms with Crippen LogP contribution >= 0.6 is 11.3 Å². The second-order valence-corrected chi connectivity index (χ2v) is 10.5. The zero-order valence-corrected chi connectivity index (χ0v) is 15.9. The molecular formula is C17H22N2O5S2. The van der Waals surface area contributed by atoms with Gasteiger partial charge in [-0.05, 0) is 42.5 Å². The molecule has 2 heterocycles. The number of carboxylic acid groups (broad SMARTS) is 1. The summed E-state index contributed by atoms with van der Waals surface area (Å²) in [6, 6.07) is 3.29. The Balaban J connectivity index is 1.43. The number of piperazine rings is 1. The SMILES string of the molecule is O=C(O)C1C2CCC(C2)C1C(=O)N1CCN(S(=O)(=O)c2cccs2)CC1. The lowest BCUT2D eigenvalue weighted by molar-refractivity contribution is -0.153. The van der Waals surface area contributed by atoms with E-state index in [1.54, 1.807) is 22.4 Å². The van der Waals surface area contributed by atoms with Crippen LogP contribution in [0.2, 0.25) is 0 Å². The van der Waals surface area contributed by atoms with Crippen molar-refractivity contribution in [3.63, 3.8) is 0 Å². The zero-order valence-electron chi connectivity index (χ0n) is 14.3. The lowest BCUT2D eigenvalue weighted by atomic mass is 9.78. The van der Waals surface area contributed by atoms with Gasteiger partial charge < -0.3 is 10.0 Å². The summed E-state index contributed by atoms with van der Waals surface area (Å²) in [5, 5.41) is 11.3. The van der Waals surface area contributed by atoms with Crippen LogP contribution in [-0.4, -0.2) is 60.8 Å². The highest BCUT2D eigenvalue weighted by molar-refractivity contribution is 7.91. The van der Waals surface area contributed by atoms with Gasteiger partial charge in [0.2, 0.25) is 5.91 Å². The fraction of sp³-hybridized carbons (Fsp3) is 0.647. The van der Waals surface area contributed by atoms with Crippen molar-refractivity contribution >= 4 is 33.2 Å². The van der Waals surface area contributed by atoms with E-state index in [0.717, 1.165) is 19.3 Å². The molecule has 0 aromatic carbocycles. The Morgan fingerprint density at radius 3 is 2.31 bits per heavy atom. The lowest BCUT2D eigenvalue weighted by Crippen LogP contribution is -2.53. The first-order valence-corrected chi connectivity index (χ1v) is 11.3. The third kappa shape index (κ3) is 2.86. The van der Waals surface area contributed by atoms with Crippen LogP contribution in [0.1, 0.15) is 19.3 Å². The van der Waals surface area contributed by atoms with Gasteiger partial charge in [0.25, 0.3) is 10.0 Å². The van der Waals surface area contributed by atoms with Gasteiger partial charge in [-0.1, -0.05) is 6.07 Å². The predicted molar refractivity (Wildman–Crippen MR) is 95.1 cm³/mol. The fourth-order valence-corrected chi connectivity index (χ4v) is 7.47. The van der Waals surface area contributed by atoms with Crippen LogP contribution in [0.3, 0.4) is 0 Å². The van der Waals surface area contributed by atoms with Crippen LogP contribution in [-0.2, 0) is 19.6 Å². The maximum atomic E-state index is 13.0. The molecule has 1 N–H and O–H groups in total. The Bertz CT molecular complexity index is 799. The second kappa shape index (κ2) is 6.61. The molecule has 1 saturated heterocycles. The lowest BCUT2D eigenvalue weighted by Gasteiger charge is -2.37. The summed E-state index contributed by atoms with van der Waals surface area (Å²) < 4.78 is 26.9. The van der Waals surface area contributed by atoms with E-state index in [9.17, 15) is 23.1 Å². The van der Waals surface area contributed by atoms with E-state index in [1.807, 2.05) is 0 Å². The van der Waals surface area contributed by atoms with E-state index in [0.29, 0.717) is 17.3 Å². The number of hydrogen-bond acceptors (Lipinski definition) is 5. The Labute approximate surface area is 156 Å². The van der Waals surface area contributed by atoms with Crippen LogP contribution in [0.25, 0.3) is 0 Å². The summed E-state index contributed by atoms with van der Waals surface area (Å²) in [7, 11) is -3.50. The van der Waals surface area contributed by atoms with Gasteiger partial charge in [-0.25, -0.2) is 8.42 Å². The number of sulfonamides is 1. The first-order valence-electron chi connectivity index (χ1n) is 8.95. The molecule has 2 aliphatic carbocycles. The molecular weight excluding hydrogens is 376 g/mol. The minimum Gasteiger partial charge on any atom is -0.481 e. The van der Waals surface area contributed by atoms with Crippen LogP contribution in [0.15, 0.2) is 21.7 Å². The van der Waals surface area contributed by atoms with E-state index in [2.05, 4.69) is 0 Å². The van der Waals surface area contributed by atoms with E-state index in [-0.39, 0.29) is 30.8 Å². The number of fused-ring (bicyclic) bond motifs is 2. The summed E-state index contributed by atoms with van der Waals surface area (Å²) in [5.41, 5.74) is 0. The van der Waals surface area contributed by atoms with Gasteiger partial charge in [0.1, 0.15) is 4.21 Å². The number of carboxylic acids is 1. The molecule has 1 aromatic heterocycles. The Kier molecular flexibility index (Phi) is 4.56. The number of carbonyl (C=O) groups is 2. The maximum Gasteiger partial charge on any atom is 0.307 e. The first-order chi connectivity index (χ1) is 12.4. The largest absolute Gasteiger partial charge is 0.481 e. The van der Waals surface area contributed by atoms with Crippen LogP contribution in [0, 0.1) is 23.7 Å². The smallest absolute Gasteiger partial charge is 0.307 e. The predicted octanol–water partition coefficient (Wildman–Crippen LogP) is 1.33. The Morgan fingerprint density at radius 1 is 1.08 bits per heavy atom. The Morgan fingerprint density at radius 2 is 1.73 bits per heavy atom. The summed E-state index contributed by atoms with van der Waals surface area (Å²) in [6.45, 7) is 1.16. The molecule has 3 fully saturated rings. The quantitative estimate of drug-likeness (QED) is 0.826. The zero-order chi connectivity index (χ0) is 18.5. The van der Waals surface area contributed by atoms with Crippen molar-refractivity contribution < 1.29 is 23.1 Å². The van der Waals surface area contributed by atoms with Gasteiger partial charge in [-0.3, -0.25) is 9.59 Å². The topological polar surface area (TPSA) is 95.0 Å². The van der Waals surface area contributed by atoms with Crippen molar-refractivity contribution in [1.82, 2.24) is 9.21 Å². The molecule has 4 rings (SSSR count). The van der Waals surface area contributed by atoms with E-state index in [1.165, 1.54) is 15.6 Å². The van der Waals surface area contributed by atoms with Crippen molar-refractivity contribution in [2.45, 2.75) is 23.5 Å². The van der Waals surface area contributed by atoms with Crippen molar-refractivity contribution in [3.05, 3.63) is 17.5 Å². The van der Waals surface area contributed by atoms with Crippen molar-refractivity contribution in [2.24, 2.45) is 23.7 Å². The highest BCUT2D eigenvalue weighted by atomic mass is 32.2. The van der Waals surface area contributed by atoms with E-state index < -0.39 is 27.8 Å². The fourth-order valence-electron chi connectivity index (χ4n) is 4.90. The molecule has 0 radical (unpaired) electrons. The average molecular weight is 399 g/mol. The molecule has 1 aliphatic heterocycles. The highest BCUT2D eigenvalue weighted by Gasteiger charge is 2.55. The molecule has 0 spiro atoms. The van der Waals surface area contributed by atoms with Gasteiger partial charge in [0.15, 0.2) is 0 Å². The molecule has 26 heavy (non-hydrogen) atoms. The monoisotopic (exact) mass is 398 g/mol. The summed E-state index contributed by atoms with van der Waals surface area (Å²) in [5.74, 6) is -1.69. The second-order valence-electron chi connectivity index (χ2n) is 7.38. The minimum absolute atomic E-state index is 0.0993. The first kappa shape index (κ1) is 17.9. The molecule has 4 atom stereocenters. The average Bonchev–Trinajstić information content (AvgIpc) is 3.37. The van der Waals surface area contributed by atoms with Crippen molar-refractivity contribution in [2.75, 3.05) is 26.2 Å². The van der Waals surface area contributed by atoms with Gasteiger partial charge in [-0.2, -0.15) is 4.31 Å². The van der Waals surface area contributed by atoms with Crippen molar-refractivity contribution in [1.29, 1.82) is 0 Å². The normalized spacial score (nSPS) is 32.1. The maximum absolute atomic E-state index is 13.0. The number of thiophene rings is 1. The number of carbonyl (C=O) groups excluding carboxylic acids is 1. The molecule has 2 saturated carbocycles. The minimum atomic E-state index is -3.50. The van der Waals surface area contributed by atoms with Crippen molar-refractivity contribution in [3.8, 4) is 0 Å². The molecule has 2 bridgehead atoms. The van der Waals surface area contributed by atoms with Crippen LogP contribution in [0.4, 0.5) is 0 Å². The number of hydrogen-bond donors (Lipinski definition) is 1. The number of aliphatic carboxylic acids is 1. The van der Waals surface area contributed by atoms with E-state index >= 15 is 0 Å². The summed E-state index contributed by atoms with van der Waals surface area (Å²) in [4.78, 5) is 26.3. The molecule has 3 aliphatic rings. The van der Waals surface area contributed by atoms with Gasteiger partial charge in [-0.15, -0.1) is 11.3 Å².